The van der Waals surface area contributed by atoms with Crippen LogP contribution in [0.3, 0.4) is 0 Å². The Morgan fingerprint density at radius 2 is 0.871 bits per heavy atom. The van der Waals surface area contributed by atoms with E-state index in [1.807, 2.05) is 0 Å². The van der Waals surface area contributed by atoms with E-state index < -0.39 is 10.8 Å². The van der Waals surface area contributed by atoms with E-state index in [4.69, 9.17) is 8.83 Å². The van der Waals surface area contributed by atoms with Crippen LogP contribution in [0.5, 0.6) is 0 Å². The molecule has 3 aliphatic carbocycles. The maximum absolute atomic E-state index is 7.17. The summed E-state index contributed by atoms with van der Waals surface area (Å²) in [6, 6.07) is 86.3. The maximum atomic E-state index is 7.17. The fourth-order valence-electron chi connectivity index (χ4n) is 15.8. The molecule has 12 aromatic carbocycles. The first-order valence-corrected chi connectivity index (χ1v) is 29.6. The quantitative estimate of drug-likeness (QED) is 0.166. The highest BCUT2D eigenvalue weighted by molar-refractivity contribution is 6.16. The molecule has 4 heterocycles. The predicted molar refractivity (Wildman–Crippen MR) is 350 cm³/mol. The molecule has 0 saturated carbocycles. The SMILES string of the molecule is Cc1ccc(N(C2=CC=C3N4c5ccccc5C5(c6cc(N(c7ccc(C)cc7)c7cccc8c7oc7c(C)cccc78)cc(c64)C34C=C24)c2ccc3ccccc3c2-c2c5ccc3ccccc23)c2cccc3c2oc2c(C)cccc23)cc1. The van der Waals surface area contributed by atoms with Crippen molar-refractivity contribution in [2.75, 3.05) is 14.7 Å². The van der Waals surface area contributed by atoms with Crippen LogP contribution in [-0.2, 0) is 10.8 Å². The van der Waals surface area contributed by atoms with Gasteiger partial charge in [-0.05, 0) is 172 Å². The molecule has 2 aliphatic heterocycles. The molecule has 0 bridgehead atoms. The minimum absolute atomic E-state index is 0.609. The molecule has 1 unspecified atom stereocenters. The van der Waals surface area contributed by atoms with Gasteiger partial charge in [0, 0.05) is 44.3 Å². The zero-order valence-corrected chi connectivity index (χ0v) is 47.3. The van der Waals surface area contributed by atoms with Crippen molar-refractivity contribution in [3.05, 3.63) is 316 Å². The van der Waals surface area contributed by atoms with E-state index in [0.29, 0.717) is 0 Å². The van der Waals surface area contributed by atoms with Gasteiger partial charge in [0.15, 0.2) is 11.2 Å². The molecule has 5 aliphatic rings. The van der Waals surface area contributed by atoms with Crippen molar-refractivity contribution in [2.45, 2.75) is 38.5 Å². The molecule has 19 rings (SSSR count). The first-order chi connectivity index (χ1) is 41.8. The summed E-state index contributed by atoms with van der Waals surface area (Å²) in [6.07, 6.45) is 7.36. The summed E-state index contributed by atoms with van der Waals surface area (Å²) in [5.74, 6) is 0. The highest BCUT2D eigenvalue weighted by Crippen LogP contribution is 2.74. The van der Waals surface area contributed by atoms with E-state index in [9.17, 15) is 0 Å². The van der Waals surface area contributed by atoms with Gasteiger partial charge in [-0.2, -0.15) is 0 Å². The number of hydrogen-bond donors (Lipinski definition) is 0. The maximum Gasteiger partial charge on any atom is 0.159 e. The highest BCUT2D eigenvalue weighted by atomic mass is 16.3. The van der Waals surface area contributed by atoms with Gasteiger partial charge in [-0.1, -0.05) is 193 Å². The molecule has 400 valence electrons. The molecular formula is C80H53N3O2. The number of nitrogens with zero attached hydrogens (tertiary/aromatic N) is 3. The van der Waals surface area contributed by atoms with E-state index >= 15 is 0 Å². The summed E-state index contributed by atoms with van der Waals surface area (Å²) in [5.41, 5.74) is 27.0. The molecule has 85 heavy (non-hydrogen) atoms. The molecule has 5 heteroatoms. The zero-order chi connectivity index (χ0) is 56.2. The third kappa shape index (κ3) is 5.96. The van der Waals surface area contributed by atoms with Crippen LogP contribution >= 0.6 is 0 Å². The minimum atomic E-state index is -0.758. The van der Waals surface area contributed by atoms with Crippen LogP contribution in [-0.4, -0.2) is 0 Å². The molecule has 0 fully saturated rings. The molecule has 0 N–H and O–H groups in total. The second kappa shape index (κ2) is 16.6. The van der Waals surface area contributed by atoms with Crippen LogP contribution in [0.15, 0.2) is 275 Å². The van der Waals surface area contributed by atoms with E-state index in [-0.39, 0.29) is 0 Å². The summed E-state index contributed by atoms with van der Waals surface area (Å²) in [7, 11) is 0. The molecule has 0 amide bonds. The van der Waals surface area contributed by atoms with Gasteiger partial charge >= 0.3 is 0 Å². The second-order valence-electron chi connectivity index (χ2n) is 24.1. The monoisotopic (exact) mass is 1090 g/mol. The second-order valence-corrected chi connectivity index (χ2v) is 24.1. The number of benzene rings is 12. The van der Waals surface area contributed by atoms with Gasteiger partial charge in [-0.3, -0.25) is 0 Å². The molecule has 0 radical (unpaired) electrons. The third-order valence-corrected chi connectivity index (χ3v) is 19.6. The van der Waals surface area contributed by atoms with Crippen LogP contribution in [0.1, 0.15) is 50.1 Å². The fraction of sp³-hybridized carbons (Fsp3) is 0.0750. The Labute approximate surface area is 491 Å². The summed E-state index contributed by atoms with van der Waals surface area (Å²) in [4.78, 5) is 7.58. The first kappa shape index (κ1) is 46.9. The lowest BCUT2D eigenvalue weighted by Crippen LogP contribution is -2.36. The van der Waals surface area contributed by atoms with Gasteiger partial charge in [-0.15, -0.1) is 0 Å². The largest absolute Gasteiger partial charge is 0.454 e. The Hall–Kier alpha value is -10.6. The summed E-state index contributed by atoms with van der Waals surface area (Å²) in [5, 5.41) is 9.41. The minimum Gasteiger partial charge on any atom is -0.454 e. The van der Waals surface area contributed by atoms with Gasteiger partial charge in [0.25, 0.3) is 0 Å². The normalized spacial score (nSPS) is 16.3. The standard InChI is InChI=1S/C80H53N3O2/c1-46-29-35-52(36-30-46)81(69-27-13-23-59-57-21-11-15-48(3)75(57)84-77(59)69)54-43-64-74-65(44-54)80(62-39-33-50-17-5-7-19-55(50)72(62)73-56-20-8-6-18-51(56)34-40-63(73)80)61-25-9-10-26-67(61)83(74)71-42-41-68(66-45-79(64,66)71)82(53-37-31-47(2)32-38-53)70-28-14-24-60-58-22-12-16-49(4)76(58)85-78(60)70/h5-45H,1-4H3. The number of allylic oxidation sites excluding steroid dienone is 4. The molecule has 2 aromatic heterocycles. The topological polar surface area (TPSA) is 36.0 Å². The summed E-state index contributed by atoms with van der Waals surface area (Å²) in [6.45, 7) is 8.63. The van der Waals surface area contributed by atoms with E-state index in [1.54, 1.807) is 0 Å². The van der Waals surface area contributed by atoms with Crippen molar-refractivity contribution in [1.29, 1.82) is 0 Å². The van der Waals surface area contributed by atoms with Crippen molar-refractivity contribution in [1.82, 2.24) is 0 Å². The number of hydrogen-bond acceptors (Lipinski definition) is 5. The average molecular weight is 1090 g/mol. The number of anilines is 7. The van der Waals surface area contributed by atoms with Gasteiger partial charge < -0.3 is 23.5 Å². The predicted octanol–water partition coefficient (Wildman–Crippen LogP) is 21.1. The summed E-state index contributed by atoms with van der Waals surface area (Å²) < 4.78 is 14.2. The van der Waals surface area contributed by atoms with Crippen molar-refractivity contribution in [3.63, 3.8) is 0 Å². The lowest BCUT2D eigenvalue weighted by atomic mass is 9.64. The van der Waals surface area contributed by atoms with Crippen molar-refractivity contribution >= 4 is 105 Å². The van der Waals surface area contributed by atoms with Crippen LogP contribution in [0.2, 0.25) is 0 Å². The van der Waals surface area contributed by atoms with E-state index in [0.717, 1.165) is 89.1 Å². The van der Waals surface area contributed by atoms with Crippen LogP contribution in [0, 0.1) is 27.7 Å². The number of rotatable bonds is 6. The Morgan fingerprint density at radius 1 is 0.376 bits per heavy atom. The first-order valence-electron chi connectivity index (χ1n) is 29.6. The van der Waals surface area contributed by atoms with Gasteiger partial charge in [0.05, 0.1) is 39.3 Å². The van der Waals surface area contributed by atoms with Crippen molar-refractivity contribution in [2.24, 2.45) is 0 Å². The van der Waals surface area contributed by atoms with Crippen LogP contribution < -0.4 is 14.7 Å². The Morgan fingerprint density at radius 3 is 1.47 bits per heavy atom. The average Bonchev–Trinajstić information content (AvgIpc) is 1.48. The number of para-hydroxylation sites is 5. The van der Waals surface area contributed by atoms with Gasteiger partial charge in [0.2, 0.25) is 0 Å². The molecule has 5 nitrogen and oxygen atoms in total. The van der Waals surface area contributed by atoms with E-state index in [1.165, 1.54) is 94.3 Å². The van der Waals surface area contributed by atoms with Crippen molar-refractivity contribution in [3.8, 4) is 11.1 Å². The fourth-order valence-corrected chi connectivity index (χ4v) is 15.8. The van der Waals surface area contributed by atoms with Gasteiger partial charge in [0.1, 0.15) is 11.2 Å². The zero-order valence-electron chi connectivity index (χ0n) is 47.3. The lowest BCUT2D eigenvalue weighted by molar-refractivity contribution is 0.665. The van der Waals surface area contributed by atoms with Crippen molar-refractivity contribution < 1.29 is 8.83 Å². The molecule has 0 saturated heterocycles. The number of furan rings is 2. The van der Waals surface area contributed by atoms with Gasteiger partial charge in [-0.25, -0.2) is 0 Å². The Bertz CT molecular complexity index is 5350. The molecule has 2 spiro atoms. The third-order valence-electron chi connectivity index (χ3n) is 19.6. The highest BCUT2D eigenvalue weighted by Gasteiger charge is 2.65. The smallest absolute Gasteiger partial charge is 0.159 e. The summed E-state index contributed by atoms with van der Waals surface area (Å²) >= 11 is 0. The Balaban J connectivity index is 0.935. The van der Waals surface area contributed by atoms with Crippen LogP contribution in [0.25, 0.3) is 76.5 Å². The Kier molecular flexibility index (Phi) is 9.14. The number of aryl methyl sites for hydroxylation is 4. The molecular weight excluding hydrogens is 1030 g/mol. The lowest BCUT2D eigenvalue weighted by Gasteiger charge is -2.44. The molecule has 14 aromatic rings. The molecule has 1 atom stereocenters. The van der Waals surface area contributed by atoms with Crippen LogP contribution in [0.4, 0.5) is 39.8 Å². The van der Waals surface area contributed by atoms with E-state index in [2.05, 4.69) is 291 Å². The number of fused-ring (bicyclic) bond motifs is 20.